The molecule has 0 aromatic carbocycles. The van der Waals surface area contributed by atoms with Crippen LogP contribution in [0.15, 0.2) is 29.9 Å². The normalized spacial score (nSPS) is 21.6. The molecule has 2 aliphatic heterocycles. The van der Waals surface area contributed by atoms with Gasteiger partial charge in [-0.15, -0.1) is 11.3 Å². The van der Waals surface area contributed by atoms with Crippen molar-refractivity contribution in [3.05, 3.63) is 40.5 Å². The predicted octanol–water partition coefficient (Wildman–Crippen LogP) is 4.32. The van der Waals surface area contributed by atoms with Crippen LogP contribution in [0.25, 0.3) is 0 Å². The highest BCUT2D eigenvalue weighted by Crippen LogP contribution is 2.36. The number of nitrogens with zero attached hydrogens (tertiary/aromatic N) is 3. The molecule has 16 heteroatoms. The number of aryl methyl sites for hydroxylation is 1. The lowest BCUT2D eigenvalue weighted by Gasteiger charge is -2.39. The second-order valence-corrected chi connectivity index (χ2v) is 9.33. The Labute approximate surface area is 217 Å². The van der Waals surface area contributed by atoms with Gasteiger partial charge in [-0.25, -0.2) is 19.6 Å². The number of pyridine rings is 1. The molecule has 2 aromatic rings. The van der Waals surface area contributed by atoms with E-state index < -0.39 is 24.3 Å². The minimum absolute atomic E-state index is 0.0592. The Morgan fingerprint density at radius 1 is 1.16 bits per heavy atom. The number of piperidine rings is 1. The van der Waals surface area contributed by atoms with E-state index in [0.29, 0.717) is 12.5 Å². The molecule has 2 aromatic heterocycles. The average molecular weight is 574 g/mol. The van der Waals surface area contributed by atoms with Gasteiger partial charge < -0.3 is 19.7 Å². The number of thiazole rings is 1. The maximum absolute atomic E-state index is 10.6. The molecule has 2 atom stereocenters. The van der Waals surface area contributed by atoms with Crippen LogP contribution in [0.2, 0.25) is 0 Å². The van der Waals surface area contributed by atoms with Gasteiger partial charge in [-0.2, -0.15) is 26.3 Å². The van der Waals surface area contributed by atoms with Crippen LogP contribution in [0.1, 0.15) is 29.8 Å². The van der Waals surface area contributed by atoms with E-state index in [1.807, 2.05) is 23.7 Å². The van der Waals surface area contributed by atoms with Gasteiger partial charge >= 0.3 is 24.3 Å². The standard InChI is InChI=1S/C18H23N3O2S.2C2HF3O2/c1-14-16(24-13-20-14)10-21-8-4-6-18(12-21)9-15(11-22-18)23-17-5-2-3-7-19-17;2*3-2(4,5)1(6)7/h2-3,5,7,13,15H,4,6,8-12H2,1H3;2*(H,6,7)/t15-,18+;;/m1../s1. The quantitative estimate of drug-likeness (QED) is 0.515. The first-order valence-corrected chi connectivity index (χ1v) is 11.9. The van der Waals surface area contributed by atoms with Gasteiger partial charge in [-0.05, 0) is 32.4 Å². The zero-order chi connectivity index (χ0) is 28.6. The molecule has 2 saturated heterocycles. The van der Waals surface area contributed by atoms with Crippen LogP contribution in [0, 0.1) is 6.92 Å². The van der Waals surface area contributed by atoms with Gasteiger partial charge in [-0.3, -0.25) is 4.90 Å². The lowest BCUT2D eigenvalue weighted by molar-refractivity contribution is -0.193. The zero-order valence-corrected chi connectivity index (χ0v) is 20.8. The van der Waals surface area contributed by atoms with Gasteiger partial charge in [0.15, 0.2) is 0 Å². The fourth-order valence-corrected chi connectivity index (χ4v) is 4.58. The van der Waals surface area contributed by atoms with E-state index in [1.165, 1.54) is 11.3 Å². The number of hydrogen-bond donors (Lipinski definition) is 2. The molecule has 212 valence electrons. The molecule has 2 N–H and O–H groups in total. The maximum Gasteiger partial charge on any atom is 0.490 e. The van der Waals surface area contributed by atoms with Gasteiger partial charge in [0.1, 0.15) is 6.10 Å². The van der Waals surface area contributed by atoms with Crippen LogP contribution in [-0.4, -0.2) is 80.8 Å². The highest BCUT2D eigenvalue weighted by atomic mass is 32.1. The summed E-state index contributed by atoms with van der Waals surface area (Å²) in [6.07, 6.45) is -5.06. The summed E-state index contributed by atoms with van der Waals surface area (Å²) < 4.78 is 75.7. The van der Waals surface area contributed by atoms with E-state index in [0.717, 1.165) is 38.2 Å². The number of rotatable bonds is 4. The highest BCUT2D eigenvalue weighted by Gasteiger charge is 2.44. The second-order valence-electron chi connectivity index (χ2n) is 8.39. The summed E-state index contributed by atoms with van der Waals surface area (Å²) >= 11 is 1.75. The smallest absolute Gasteiger partial charge is 0.475 e. The molecule has 4 heterocycles. The first kappa shape index (κ1) is 31.2. The summed E-state index contributed by atoms with van der Waals surface area (Å²) in [6.45, 7) is 5.84. The van der Waals surface area contributed by atoms with E-state index in [2.05, 4.69) is 21.8 Å². The Morgan fingerprint density at radius 2 is 1.79 bits per heavy atom. The Morgan fingerprint density at radius 3 is 2.29 bits per heavy atom. The van der Waals surface area contributed by atoms with Crippen molar-refractivity contribution in [2.75, 3.05) is 19.7 Å². The number of carboxylic acids is 2. The van der Waals surface area contributed by atoms with Gasteiger partial charge in [0, 0.05) is 36.7 Å². The second kappa shape index (κ2) is 13.2. The van der Waals surface area contributed by atoms with Gasteiger partial charge in [0.05, 0.1) is 23.4 Å². The fourth-order valence-electron chi connectivity index (χ4n) is 3.76. The molecule has 2 fully saturated rings. The molecule has 2 aliphatic rings. The summed E-state index contributed by atoms with van der Waals surface area (Å²) in [5.74, 6) is -4.82. The number of aliphatic carboxylic acids is 2. The Hall–Kier alpha value is -2.98. The summed E-state index contributed by atoms with van der Waals surface area (Å²) in [5, 5.41) is 14.2. The molecule has 9 nitrogen and oxygen atoms in total. The SMILES string of the molecule is Cc1ncsc1CN1CCC[C@]2(C[C@@H](Oc3ccccn3)CO2)C1.O=C(O)C(F)(F)F.O=C(O)C(F)(F)F. The molecular weight excluding hydrogens is 548 g/mol. The third kappa shape index (κ3) is 10.1. The number of alkyl halides is 6. The van der Waals surface area contributed by atoms with Crippen molar-refractivity contribution in [3.8, 4) is 5.88 Å². The largest absolute Gasteiger partial charge is 0.490 e. The number of hydrogen-bond acceptors (Lipinski definition) is 8. The number of ether oxygens (including phenoxy) is 2. The summed E-state index contributed by atoms with van der Waals surface area (Å²) in [6, 6.07) is 5.76. The van der Waals surface area contributed by atoms with Crippen molar-refractivity contribution in [1.82, 2.24) is 14.9 Å². The van der Waals surface area contributed by atoms with E-state index >= 15 is 0 Å². The van der Waals surface area contributed by atoms with Crippen LogP contribution in [0.4, 0.5) is 26.3 Å². The molecule has 38 heavy (non-hydrogen) atoms. The molecule has 4 rings (SSSR count). The number of carboxylic acid groups (broad SMARTS) is 2. The molecule has 0 aliphatic carbocycles. The van der Waals surface area contributed by atoms with Crippen molar-refractivity contribution in [2.45, 2.75) is 56.8 Å². The van der Waals surface area contributed by atoms with E-state index in [9.17, 15) is 26.3 Å². The predicted molar refractivity (Wildman–Crippen MR) is 121 cm³/mol. The van der Waals surface area contributed by atoms with Crippen molar-refractivity contribution < 1.29 is 55.6 Å². The lowest BCUT2D eigenvalue weighted by Crippen LogP contribution is -2.47. The Bertz CT molecular complexity index is 1030. The third-order valence-electron chi connectivity index (χ3n) is 5.42. The number of carbonyl (C=O) groups is 2. The molecule has 0 amide bonds. The summed E-state index contributed by atoms with van der Waals surface area (Å²) in [7, 11) is 0. The van der Waals surface area contributed by atoms with E-state index in [1.54, 1.807) is 17.5 Å². The zero-order valence-electron chi connectivity index (χ0n) is 20.0. The van der Waals surface area contributed by atoms with Gasteiger partial charge in [0.25, 0.3) is 0 Å². The Kier molecular flexibility index (Phi) is 10.8. The summed E-state index contributed by atoms with van der Waals surface area (Å²) in [5.41, 5.74) is 3.03. The number of aromatic nitrogens is 2. The highest BCUT2D eigenvalue weighted by molar-refractivity contribution is 7.09. The van der Waals surface area contributed by atoms with Gasteiger partial charge in [-0.1, -0.05) is 6.07 Å². The molecule has 0 unspecified atom stereocenters. The lowest BCUT2D eigenvalue weighted by atomic mass is 9.89. The molecular formula is C22H25F6N3O6S. The van der Waals surface area contributed by atoms with Crippen LogP contribution in [0.5, 0.6) is 5.88 Å². The van der Waals surface area contributed by atoms with Crippen LogP contribution >= 0.6 is 11.3 Å². The monoisotopic (exact) mass is 573 g/mol. The van der Waals surface area contributed by atoms with E-state index in [4.69, 9.17) is 29.3 Å². The molecule has 1 spiro atoms. The van der Waals surface area contributed by atoms with Crippen molar-refractivity contribution in [2.24, 2.45) is 0 Å². The first-order valence-electron chi connectivity index (χ1n) is 11.0. The number of likely N-dealkylation sites (tertiary alicyclic amines) is 1. The summed E-state index contributed by atoms with van der Waals surface area (Å²) in [4.78, 5) is 30.3. The average Bonchev–Trinajstić information content (AvgIpc) is 3.39. The van der Waals surface area contributed by atoms with Crippen LogP contribution < -0.4 is 4.74 Å². The van der Waals surface area contributed by atoms with E-state index in [-0.39, 0.29) is 11.7 Å². The topological polar surface area (TPSA) is 122 Å². The molecule has 0 radical (unpaired) electrons. The third-order valence-corrected chi connectivity index (χ3v) is 6.34. The first-order chi connectivity index (χ1) is 17.6. The van der Waals surface area contributed by atoms with Crippen molar-refractivity contribution in [1.29, 1.82) is 0 Å². The fraction of sp³-hybridized carbons (Fsp3) is 0.545. The maximum atomic E-state index is 10.6. The minimum atomic E-state index is -5.08. The molecule has 0 saturated carbocycles. The van der Waals surface area contributed by atoms with Gasteiger partial charge in [0.2, 0.25) is 5.88 Å². The van der Waals surface area contributed by atoms with Crippen LogP contribution in [0.3, 0.4) is 0 Å². The Balaban J connectivity index is 0.000000301. The van der Waals surface area contributed by atoms with Crippen LogP contribution in [-0.2, 0) is 20.9 Å². The number of halogens is 6. The minimum Gasteiger partial charge on any atom is -0.475 e. The van der Waals surface area contributed by atoms with Crippen molar-refractivity contribution >= 4 is 23.3 Å². The molecule has 0 bridgehead atoms. The van der Waals surface area contributed by atoms with Crippen molar-refractivity contribution in [3.63, 3.8) is 0 Å².